The highest BCUT2D eigenvalue weighted by atomic mass is 16.5. The zero-order valence-corrected chi connectivity index (χ0v) is 9.87. The third kappa shape index (κ3) is 3.44. The second kappa shape index (κ2) is 5.83. The first-order valence-electron chi connectivity index (χ1n) is 6.39. The van der Waals surface area contributed by atoms with Crippen molar-refractivity contribution < 1.29 is 4.74 Å². The van der Waals surface area contributed by atoms with Gasteiger partial charge in [0.05, 0.1) is 6.61 Å². The fourth-order valence-electron chi connectivity index (χ4n) is 2.66. The molecule has 2 saturated heterocycles. The first kappa shape index (κ1) is 11.4. The molecular formula is C12H24N2O. The Kier molecular flexibility index (Phi) is 4.42. The topological polar surface area (TPSA) is 24.5 Å². The maximum absolute atomic E-state index is 5.59. The van der Waals surface area contributed by atoms with Crippen molar-refractivity contribution in [3.63, 3.8) is 0 Å². The van der Waals surface area contributed by atoms with Crippen molar-refractivity contribution in [2.45, 2.75) is 32.2 Å². The third-order valence-electron chi connectivity index (χ3n) is 3.49. The molecule has 0 spiro atoms. The van der Waals surface area contributed by atoms with E-state index in [1.54, 1.807) is 0 Å². The molecule has 2 atom stereocenters. The summed E-state index contributed by atoms with van der Waals surface area (Å²) in [5, 5.41) is 3.50. The van der Waals surface area contributed by atoms with Gasteiger partial charge in [0.25, 0.3) is 0 Å². The largest absolute Gasteiger partial charge is 0.380 e. The van der Waals surface area contributed by atoms with Gasteiger partial charge in [-0.15, -0.1) is 0 Å². The van der Waals surface area contributed by atoms with Gasteiger partial charge in [-0.05, 0) is 44.8 Å². The highest BCUT2D eigenvalue weighted by molar-refractivity contribution is 4.78. The normalized spacial score (nSPS) is 35.8. The molecule has 0 bridgehead atoms. The molecular weight excluding hydrogens is 188 g/mol. The van der Waals surface area contributed by atoms with Crippen LogP contribution in [0.25, 0.3) is 0 Å². The van der Waals surface area contributed by atoms with E-state index < -0.39 is 0 Å². The molecule has 88 valence electrons. The maximum Gasteiger partial charge on any atom is 0.0621 e. The van der Waals surface area contributed by atoms with Gasteiger partial charge in [0.15, 0.2) is 0 Å². The summed E-state index contributed by atoms with van der Waals surface area (Å²) in [5.74, 6) is 0.771. The molecule has 2 heterocycles. The Morgan fingerprint density at radius 3 is 3.07 bits per heavy atom. The van der Waals surface area contributed by atoms with E-state index in [2.05, 4.69) is 17.1 Å². The smallest absolute Gasteiger partial charge is 0.0621 e. The van der Waals surface area contributed by atoms with Gasteiger partial charge in [-0.25, -0.2) is 0 Å². The molecule has 2 rings (SSSR count). The van der Waals surface area contributed by atoms with Crippen LogP contribution in [0.5, 0.6) is 0 Å². The Balaban J connectivity index is 1.86. The van der Waals surface area contributed by atoms with E-state index in [-0.39, 0.29) is 0 Å². The van der Waals surface area contributed by atoms with Crippen molar-refractivity contribution in [2.75, 3.05) is 39.4 Å². The fourth-order valence-corrected chi connectivity index (χ4v) is 2.66. The van der Waals surface area contributed by atoms with Crippen LogP contribution in [0.4, 0.5) is 0 Å². The minimum absolute atomic E-state index is 0.694. The van der Waals surface area contributed by atoms with Gasteiger partial charge in [-0.2, -0.15) is 0 Å². The average Bonchev–Trinajstić information content (AvgIpc) is 2.24. The number of nitrogens with one attached hydrogen (secondary N) is 1. The summed E-state index contributed by atoms with van der Waals surface area (Å²) in [6.07, 6.45) is 3.86. The Labute approximate surface area is 93.2 Å². The molecule has 2 aliphatic rings. The first-order chi connectivity index (χ1) is 7.36. The van der Waals surface area contributed by atoms with Crippen molar-refractivity contribution in [3.8, 4) is 0 Å². The van der Waals surface area contributed by atoms with Crippen LogP contribution in [0.3, 0.4) is 0 Å². The van der Waals surface area contributed by atoms with Gasteiger partial charge in [0, 0.05) is 19.2 Å². The van der Waals surface area contributed by atoms with Crippen molar-refractivity contribution in [1.29, 1.82) is 0 Å². The van der Waals surface area contributed by atoms with E-state index >= 15 is 0 Å². The van der Waals surface area contributed by atoms with E-state index in [9.17, 15) is 0 Å². The zero-order valence-electron chi connectivity index (χ0n) is 9.87. The zero-order chi connectivity index (χ0) is 10.5. The van der Waals surface area contributed by atoms with Gasteiger partial charge < -0.3 is 10.1 Å². The lowest BCUT2D eigenvalue weighted by atomic mass is 10.0. The summed E-state index contributed by atoms with van der Waals surface area (Å²) < 4.78 is 5.59. The summed E-state index contributed by atoms with van der Waals surface area (Å²) in [5.41, 5.74) is 0. The number of nitrogens with zero attached hydrogens (tertiary/aromatic N) is 1. The van der Waals surface area contributed by atoms with Gasteiger partial charge in [-0.3, -0.25) is 4.90 Å². The second-order valence-electron chi connectivity index (χ2n) is 5.03. The summed E-state index contributed by atoms with van der Waals surface area (Å²) >= 11 is 0. The first-order valence-corrected chi connectivity index (χ1v) is 6.39. The fraction of sp³-hybridized carbons (Fsp3) is 1.00. The standard InChI is InChI=1S/C12H24N2O/c1-11-8-13-5-3-6-14(9-11)12-4-2-7-15-10-12/h11-13H,2-10H2,1H3. The van der Waals surface area contributed by atoms with Gasteiger partial charge in [0.2, 0.25) is 0 Å². The monoisotopic (exact) mass is 212 g/mol. The summed E-state index contributed by atoms with van der Waals surface area (Å²) in [4.78, 5) is 2.66. The number of rotatable bonds is 1. The summed E-state index contributed by atoms with van der Waals surface area (Å²) in [6.45, 7) is 9.10. The maximum atomic E-state index is 5.59. The average molecular weight is 212 g/mol. The molecule has 0 amide bonds. The molecule has 15 heavy (non-hydrogen) atoms. The molecule has 0 aromatic heterocycles. The van der Waals surface area contributed by atoms with Crippen LogP contribution in [-0.4, -0.2) is 50.3 Å². The van der Waals surface area contributed by atoms with Crippen molar-refractivity contribution in [3.05, 3.63) is 0 Å². The highest BCUT2D eigenvalue weighted by Crippen LogP contribution is 2.16. The van der Waals surface area contributed by atoms with Gasteiger partial charge >= 0.3 is 0 Å². The minimum atomic E-state index is 0.694. The van der Waals surface area contributed by atoms with Crippen molar-refractivity contribution in [2.24, 2.45) is 5.92 Å². The highest BCUT2D eigenvalue weighted by Gasteiger charge is 2.23. The van der Waals surface area contributed by atoms with Crippen molar-refractivity contribution >= 4 is 0 Å². The minimum Gasteiger partial charge on any atom is -0.380 e. The second-order valence-corrected chi connectivity index (χ2v) is 5.03. The molecule has 3 heteroatoms. The predicted molar refractivity (Wildman–Crippen MR) is 62.1 cm³/mol. The van der Waals surface area contributed by atoms with E-state index in [1.807, 2.05) is 0 Å². The lowest BCUT2D eigenvalue weighted by molar-refractivity contribution is 0.0106. The summed E-state index contributed by atoms with van der Waals surface area (Å²) in [6, 6.07) is 0.694. The number of hydrogen-bond donors (Lipinski definition) is 1. The quantitative estimate of drug-likeness (QED) is 0.704. The summed E-state index contributed by atoms with van der Waals surface area (Å²) in [7, 11) is 0. The van der Waals surface area contributed by atoms with E-state index in [4.69, 9.17) is 4.74 Å². The molecule has 0 saturated carbocycles. The van der Waals surface area contributed by atoms with Crippen LogP contribution in [0.2, 0.25) is 0 Å². The molecule has 2 unspecified atom stereocenters. The predicted octanol–water partition coefficient (Wildman–Crippen LogP) is 1.10. The number of hydrogen-bond acceptors (Lipinski definition) is 3. The molecule has 0 aromatic carbocycles. The van der Waals surface area contributed by atoms with E-state index in [1.165, 1.54) is 45.4 Å². The lowest BCUT2D eigenvalue weighted by Gasteiger charge is -2.37. The van der Waals surface area contributed by atoms with Crippen molar-refractivity contribution in [1.82, 2.24) is 10.2 Å². The molecule has 2 fully saturated rings. The third-order valence-corrected chi connectivity index (χ3v) is 3.49. The molecule has 1 N–H and O–H groups in total. The molecule has 0 aromatic rings. The number of ether oxygens (including phenoxy) is 1. The van der Waals surface area contributed by atoms with Gasteiger partial charge in [-0.1, -0.05) is 6.92 Å². The van der Waals surface area contributed by atoms with E-state index in [0.717, 1.165) is 19.1 Å². The molecule has 0 radical (unpaired) electrons. The van der Waals surface area contributed by atoms with Crippen LogP contribution >= 0.6 is 0 Å². The van der Waals surface area contributed by atoms with Crippen LogP contribution < -0.4 is 5.32 Å². The van der Waals surface area contributed by atoms with Crippen LogP contribution in [-0.2, 0) is 4.74 Å². The Morgan fingerprint density at radius 2 is 2.27 bits per heavy atom. The Hall–Kier alpha value is -0.120. The molecule has 2 aliphatic heterocycles. The Morgan fingerprint density at radius 1 is 1.33 bits per heavy atom. The SMILES string of the molecule is CC1CNCCCN(C2CCCOC2)C1. The Bertz CT molecular complexity index is 180. The van der Waals surface area contributed by atoms with Crippen LogP contribution in [0.15, 0.2) is 0 Å². The molecule has 3 nitrogen and oxygen atoms in total. The molecule has 0 aliphatic carbocycles. The van der Waals surface area contributed by atoms with Gasteiger partial charge in [0.1, 0.15) is 0 Å². The van der Waals surface area contributed by atoms with E-state index in [0.29, 0.717) is 6.04 Å². The lowest BCUT2D eigenvalue weighted by Crippen LogP contribution is -2.47. The van der Waals surface area contributed by atoms with Crippen LogP contribution in [0, 0.1) is 5.92 Å². The van der Waals surface area contributed by atoms with Crippen LogP contribution in [0.1, 0.15) is 26.2 Å².